The summed E-state index contributed by atoms with van der Waals surface area (Å²) in [7, 11) is 0. The van der Waals surface area contributed by atoms with E-state index in [9.17, 15) is 19.5 Å². The minimum absolute atomic E-state index is 0.0341. The van der Waals surface area contributed by atoms with Crippen LogP contribution >= 0.6 is 0 Å². The second-order valence-corrected chi connectivity index (χ2v) is 16.7. The normalized spacial score (nSPS) is 14.9. The van der Waals surface area contributed by atoms with Gasteiger partial charge in [0.05, 0.1) is 17.6 Å². The van der Waals surface area contributed by atoms with Crippen LogP contribution in [0.15, 0.2) is 90.5 Å². The Hall–Kier alpha value is -5.85. The van der Waals surface area contributed by atoms with E-state index < -0.39 is 35.9 Å². The minimum Gasteiger partial charge on any atom is -0.488 e. The zero-order chi connectivity index (χ0) is 43.6. The highest BCUT2D eigenvalue weighted by atomic mass is 16.7. The molecule has 0 saturated carbocycles. The molecule has 0 spiro atoms. The quantitative estimate of drug-likeness (QED) is 0.0724. The summed E-state index contributed by atoms with van der Waals surface area (Å²) >= 11 is 0. The molecule has 6 rings (SSSR count). The molecule has 2 heterocycles. The van der Waals surface area contributed by atoms with Crippen molar-refractivity contribution in [2.75, 3.05) is 20.0 Å². The number of ketones is 1. The second-order valence-electron chi connectivity index (χ2n) is 16.7. The van der Waals surface area contributed by atoms with Crippen LogP contribution in [-0.2, 0) is 45.1 Å². The van der Waals surface area contributed by atoms with Gasteiger partial charge < -0.3 is 43.4 Å². The first-order chi connectivity index (χ1) is 29.2. The summed E-state index contributed by atoms with van der Waals surface area (Å²) in [4.78, 5) is 37.0. The molecule has 0 aliphatic carbocycles. The average molecular weight is 837 g/mol. The van der Waals surface area contributed by atoms with Gasteiger partial charge in [-0.15, -0.1) is 0 Å². The van der Waals surface area contributed by atoms with Gasteiger partial charge >= 0.3 is 11.9 Å². The van der Waals surface area contributed by atoms with Crippen LogP contribution in [0.3, 0.4) is 0 Å². The first kappa shape index (κ1) is 44.7. The molecule has 0 fully saturated rings. The first-order valence-corrected chi connectivity index (χ1v) is 20.7. The largest absolute Gasteiger partial charge is 0.488 e. The third kappa shape index (κ3) is 12.4. The minimum atomic E-state index is -1.06. The van der Waals surface area contributed by atoms with E-state index in [-0.39, 0.29) is 38.8 Å². The predicted octanol–water partition coefficient (Wildman–Crippen LogP) is 9.63. The molecule has 0 radical (unpaired) electrons. The molecule has 2 aliphatic rings. The number of rotatable bonds is 22. The van der Waals surface area contributed by atoms with Crippen LogP contribution in [0, 0.1) is 0 Å². The second kappa shape index (κ2) is 20.1. The molecule has 4 aromatic carbocycles. The molecular weight excluding hydrogens is 781 g/mol. The third-order valence-electron chi connectivity index (χ3n) is 10.9. The summed E-state index contributed by atoms with van der Waals surface area (Å²) in [6.45, 7) is 9.26. The van der Waals surface area contributed by atoms with Crippen molar-refractivity contribution in [1.82, 2.24) is 0 Å². The Morgan fingerprint density at radius 2 is 1.41 bits per heavy atom. The number of fused-ring (bicyclic) bond motifs is 2. The van der Waals surface area contributed by atoms with E-state index in [0.29, 0.717) is 65.6 Å². The zero-order valence-corrected chi connectivity index (χ0v) is 35.6. The number of ether oxygens (including phenoxy) is 7. The van der Waals surface area contributed by atoms with Gasteiger partial charge in [0.2, 0.25) is 6.79 Å². The number of carbonyl (C=O) groups is 3. The highest BCUT2D eigenvalue weighted by Crippen LogP contribution is 2.49. The zero-order valence-electron chi connectivity index (χ0n) is 35.6. The van der Waals surface area contributed by atoms with Crippen molar-refractivity contribution in [3.8, 4) is 28.7 Å². The number of benzene rings is 4. The Balaban J connectivity index is 1.34. The lowest BCUT2D eigenvalue weighted by molar-refractivity contribution is -0.149. The van der Waals surface area contributed by atoms with Crippen molar-refractivity contribution >= 4 is 17.7 Å². The SMILES string of the molecule is C/C(=C\Cc1c(C2CC(=O)c3c(cc(OCc4ccccc4)c(CCC(C)(C)OCC(=O)O)c3OCc3ccccc3)O2)ccc2c1OCO2)CCCC(C)(C)OCC(=O)O. The third-order valence-corrected chi connectivity index (χ3v) is 10.9. The van der Waals surface area contributed by atoms with E-state index in [0.717, 1.165) is 40.7 Å². The van der Waals surface area contributed by atoms with Gasteiger partial charge in [0.15, 0.2) is 17.3 Å². The van der Waals surface area contributed by atoms with E-state index in [4.69, 9.17) is 38.3 Å². The molecule has 2 aliphatic heterocycles. The summed E-state index contributed by atoms with van der Waals surface area (Å²) in [6.07, 6.45) is 5.07. The smallest absolute Gasteiger partial charge is 0.329 e. The molecule has 1 atom stereocenters. The van der Waals surface area contributed by atoms with Crippen molar-refractivity contribution in [2.24, 2.45) is 0 Å². The lowest BCUT2D eigenvalue weighted by Crippen LogP contribution is -2.28. The van der Waals surface area contributed by atoms with Gasteiger partial charge in [-0.3, -0.25) is 4.79 Å². The molecule has 12 nitrogen and oxygen atoms in total. The Kier molecular flexibility index (Phi) is 14.8. The van der Waals surface area contributed by atoms with Crippen LogP contribution in [0.4, 0.5) is 0 Å². The molecule has 0 bridgehead atoms. The van der Waals surface area contributed by atoms with E-state index in [1.165, 1.54) is 0 Å². The number of Topliss-reactive ketones (excluding diaryl/α,β-unsaturated/α-hetero) is 1. The van der Waals surface area contributed by atoms with Gasteiger partial charge in [-0.25, -0.2) is 9.59 Å². The van der Waals surface area contributed by atoms with E-state index >= 15 is 0 Å². The first-order valence-electron chi connectivity index (χ1n) is 20.7. The number of carbonyl (C=O) groups excluding carboxylic acids is 1. The van der Waals surface area contributed by atoms with Crippen LogP contribution in [0.25, 0.3) is 0 Å². The molecule has 0 aromatic heterocycles. The highest BCUT2D eigenvalue weighted by Gasteiger charge is 2.37. The number of carboxylic acid groups (broad SMARTS) is 2. The summed E-state index contributed by atoms with van der Waals surface area (Å²) in [5.74, 6) is 0.211. The summed E-state index contributed by atoms with van der Waals surface area (Å²) in [5.41, 5.74) is 4.27. The predicted molar refractivity (Wildman–Crippen MR) is 228 cm³/mol. The Morgan fingerprint density at radius 1 is 0.787 bits per heavy atom. The van der Waals surface area contributed by atoms with Gasteiger partial charge in [0, 0.05) is 22.8 Å². The lowest BCUT2D eigenvalue weighted by atomic mass is 9.88. The maximum absolute atomic E-state index is 14.6. The van der Waals surface area contributed by atoms with Crippen molar-refractivity contribution in [1.29, 1.82) is 0 Å². The van der Waals surface area contributed by atoms with Crippen LogP contribution in [0.1, 0.15) is 111 Å². The topological polar surface area (TPSA) is 156 Å². The summed E-state index contributed by atoms with van der Waals surface area (Å²) in [6, 6.07) is 25.0. The van der Waals surface area contributed by atoms with Gasteiger partial charge in [0.25, 0.3) is 0 Å². The molecule has 1 unspecified atom stereocenters. The van der Waals surface area contributed by atoms with Crippen LogP contribution < -0.4 is 23.7 Å². The average Bonchev–Trinajstić information content (AvgIpc) is 3.72. The van der Waals surface area contributed by atoms with Gasteiger partial charge in [0.1, 0.15) is 55.3 Å². The standard InChI is InChI=1S/C49H56O12/c1-32(13-12-23-48(2,3)59-29-43(51)52)18-19-36-35(20-21-39-46(36)58-31-57-39)41-25-38(50)45-42(61-41)26-40(55-27-33-14-8-6-9-15-33)37(22-24-49(4,5)60-30-44(53)54)47(45)56-28-34-16-10-7-11-17-34/h6-11,14-18,20-21,26,41H,12-13,19,22-25,27-31H2,1-5H3,(H,51,52)(H,53,54)/b32-18+. The van der Waals surface area contributed by atoms with Crippen LogP contribution in [0.2, 0.25) is 0 Å². The Morgan fingerprint density at radius 3 is 2.05 bits per heavy atom. The van der Waals surface area contributed by atoms with Crippen molar-refractivity contribution in [3.05, 3.63) is 124 Å². The molecular formula is C49H56O12. The molecule has 324 valence electrons. The maximum Gasteiger partial charge on any atom is 0.329 e. The fourth-order valence-corrected chi connectivity index (χ4v) is 7.45. The highest BCUT2D eigenvalue weighted by molar-refractivity contribution is 6.03. The number of hydrogen-bond acceptors (Lipinski definition) is 10. The number of hydrogen-bond donors (Lipinski definition) is 2. The van der Waals surface area contributed by atoms with Crippen molar-refractivity contribution in [2.45, 2.75) is 110 Å². The Labute approximate surface area is 357 Å². The van der Waals surface area contributed by atoms with Gasteiger partial charge in [-0.1, -0.05) is 78.4 Å². The Bertz CT molecular complexity index is 2190. The van der Waals surface area contributed by atoms with E-state index in [1.807, 2.05) is 100 Å². The number of aliphatic carboxylic acids is 2. The molecule has 4 aromatic rings. The summed E-state index contributed by atoms with van der Waals surface area (Å²) in [5, 5.41) is 18.4. The fourth-order valence-electron chi connectivity index (χ4n) is 7.45. The summed E-state index contributed by atoms with van der Waals surface area (Å²) < 4.78 is 43.1. The molecule has 0 amide bonds. The monoisotopic (exact) mass is 836 g/mol. The van der Waals surface area contributed by atoms with Crippen molar-refractivity contribution < 1.29 is 57.8 Å². The number of allylic oxidation sites excluding steroid dienone is 2. The van der Waals surface area contributed by atoms with Crippen LogP contribution in [0.5, 0.6) is 28.7 Å². The molecule has 0 saturated heterocycles. The van der Waals surface area contributed by atoms with Gasteiger partial charge in [-0.05, 0) is 90.3 Å². The van der Waals surface area contributed by atoms with Gasteiger partial charge in [-0.2, -0.15) is 0 Å². The number of carboxylic acids is 2. The fraction of sp³-hybridized carbons (Fsp3) is 0.408. The maximum atomic E-state index is 14.6. The van der Waals surface area contributed by atoms with Crippen LogP contribution in [-0.4, -0.2) is 59.1 Å². The molecule has 61 heavy (non-hydrogen) atoms. The lowest BCUT2D eigenvalue weighted by Gasteiger charge is -2.31. The van der Waals surface area contributed by atoms with E-state index in [2.05, 4.69) is 13.0 Å². The molecule has 2 N–H and O–H groups in total. The van der Waals surface area contributed by atoms with E-state index in [1.54, 1.807) is 6.07 Å². The molecule has 12 heteroatoms. The van der Waals surface area contributed by atoms with Crippen molar-refractivity contribution in [3.63, 3.8) is 0 Å².